The van der Waals surface area contributed by atoms with Crippen molar-refractivity contribution in [3.8, 4) is 0 Å². The van der Waals surface area contributed by atoms with Crippen LogP contribution in [0.1, 0.15) is 35.8 Å². The second-order valence-corrected chi connectivity index (χ2v) is 6.33. The normalized spacial score (nSPS) is 23.5. The third kappa shape index (κ3) is 2.20. The highest BCUT2D eigenvalue weighted by Gasteiger charge is 2.51. The van der Waals surface area contributed by atoms with Crippen molar-refractivity contribution in [2.75, 3.05) is 6.54 Å². The average molecular weight is 328 g/mol. The maximum absolute atomic E-state index is 12.8. The van der Waals surface area contributed by atoms with Gasteiger partial charge in [-0.25, -0.2) is 4.79 Å². The number of aromatic nitrogens is 2. The maximum Gasteiger partial charge on any atom is 0.345 e. The van der Waals surface area contributed by atoms with E-state index >= 15 is 0 Å². The summed E-state index contributed by atoms with van der Waals surface area (Å²) in [6.45, 7) is 2.52. The van der Waals surface area contributed by atoms with E-state index in [0.717, 1.165) is 16.8 Å². The number of aliphatic hydroxyl groups is 1. The zero-order valence-electron chi connectivity index (χ0n) is 13.7. The van der Waals surface area contributed by atoms with Crippen LogP contribution in [0.25, 0.3) is 0 Å². The molecule has 0 unspecified atom stereocenters. The van der Waals surface area contributed by atoms with Gasteiger partial charge >= 0.3 is 6.03 Å². The second-order valence-electron chi connectivity index (χ2n) is 6.33. The number of hydrogen-bond donors (Lipinski definition) is 1. The predicted octanol–water partition coefficient (Wildman–Crippen LogP) is 1.77. The Morgan fingerprint density at radius 3 is 2.83 bits per heavy atom. The van der Waals surface area contributed by atoms with Gasteiger partial charge in [0.2, 0.25) is 0 Å². The number of fused-ring (bicyclic) bond motifs is 4. The minimum absolute atomic E-state index is 0.195. The van der Waals surface area contributed by atoms with Gasteiger partial charge in [-0.1, -0.05) is 30.3 Å². The summed E-state index contributed by atoms with van der Waals surface area (Å²) in [5.41, 5.74) is 2.82. The number of urea groups is 1. The van der Waals surface area contributed by atoms with Crippen LogP contribution in [0.4, 0.5) is 4.79 Å². The summed E-state index contributed by atoms with van der Waals surface area (Å²) >= 11 is 0. The molecule has 126 valence electrons. The molecule has 1 aromatic carbocycles. The first kappa shape index (κ1) is 15.2. The Hall–Kier alpha value is -2.38. The van der Waals surface area contributed by atoms with E-state index in [1.54, 1.807) is 22.7 Å². The zero-order chi connectivity index (χ0) is 16.8. The van der Waals surface area contributed by atoms with Crippen molar-refractivity contribution >= 4 is 6.03 Å². The van der Waals surface area contributed by atoms with Crippen molar-refractivity contribution in [1.82, 2.24) is 19.7 Å². The molecule has 2 aliphatic heterocycles. The highest BCUT2D eigenvalue weighted by Crippen LogP contribution is 2.44. The van der Waals surface area contributed by atoms with Crippen LogP contribution in [0.2, 0.25) is 0 Å². The van der Waals surface area contributed by atoms with E-state index in [9.17, 15) is 9.90 Å². The van der Waals surface area contributed by atoms with Crippen molar-refractivity contribution in [1.29, 1.82) is 0 Å². The van der Waals surface area contributed by atoms with Gasteiger partial charge in [0.15, 0.2) is 0 Å². The molecule has 4 rings (SSSR count). The van der Waals surface area contributed by atoms with E-state index in [1.807, 2.05) is 37.4 Å². The number of benzene rings is 1. The number of hydrogen-bond acceptors (Lipinski definition) is 4. The third-order valence-corrected chi connectivity index (χ3v) is 4.75. The van der Waals surface area contributed by atoms with Crippen molar-refractivity contribution < 1.29 is 14.7 Å². The summed E-state index contributed by atoms with van der Waals surface area (Å²) in [6.07, 6.45) is 1.09. The van der Waals surface area contributed by atoms with Gasteiger partial charge in [-0.05, 0) is 12.5 Å². The highest BCUT2D eigenvalue weighted by atomic mass is 16.7. The van der Waals surface area contributed by atoms with E-state index < -0.39 is 12.1 Å². The first-order chi connectivity index (χ1) is 11.6. The largest absolute Gasteiger partial charge is 0.391 e. The molecule has 1 N–H and O–H groups in total. The van der Waals surface area contributed by atoms with Crippen LogP contribution in [-0.2, 0) is 18.5 Å². The van der Waals surface area contributed by atoms with Gasteiger partial charge in [-0.15, -0.1) is 0 Å². The Bertz CT molecular complexity index is 758. The minimum Gasteiger partial charge on any atom is -0.391 e. The lowest BCUT2D eigenvalue weighted by atomic mass is 9.95. The van der Waals surface area contributed by atoms with Gasteiger partial charge in [0, 0.05) is 12.6 Å². The van der Waals surface area contributed by atoms with Crippen molar-refractivity contribution in [3.05, 3.63) is 53.3 Å². The molecular weight excluding hydrogens is 308 g/mol. The molecule has 1 fully saturated rings. The van der Waals surface area contributed by atoms with E-state index in [1.165, 1.54) is 5.06 Å². The summed E-state index contributed by atoms with van der Waals surface area (Å²) in [6, 6.07) is 8.93. The number of carbonyl (C=O) groups is 1. The summed E-state index contributed by atoms with van der Waals surface area (Å²) in [7, 11) is 1.83. The molecule has 3 atom stereocenters. The maximum atomic E-state index is 12.8. The summed E-state index contributed by atoms with van der Waals surface area (Å²) < 4.78 is 1.74. The predicted molar refractivity (Wildman–Crippen MR) is 85.5 cm³/mol. The Morgan fingerprint density at radius 2 is 2.12 bits per heavy atom. The third-order valence-electron chi connectivity index (χ3n) is 4.75. The fourth-order valence-corrected chi connectivity index (χ4v) is 3.64. The number of carbonyl (C=O) groups excluding carboxylic acids is 1. The lowest BCUT2D eigenvalue weighted by Gasteiger charge is -2.32. The minimum atomic E-state index is -0.682. The Morgan fingerprint density at radius 1 is 1.38 bits per heavy atom. The highest BCUT2D eigenvalue weighted by molar-refractivity contribution is 5.78. The number of aryl methyl sites for hydroxylation is 1. The van der Waals surface area contributed by atoms with Gasteiger partial charge < -0.3 is 10.0 Å². The zero-order valence-corrected chi connectivity index (χ0v) is 13.7. The molecule has 2 amide bonds. The van der Waals surface area contributed by atoms with Gasteiger partial charge in [0.25, 0.3) is 0 Å². The molecule has 0 radical (unpaired) electrons. The summed E-state index contributed by atoms with van der Waals surface area (Å²) in [4.78, 5) is 20.3. The van der Waals surface area contributed by atoms with E-state index in [4.69, 9.17) is 4.84 Å². The van der Waals surface area contributed by atoms with Crippen molar-refractivity contribution in [3.63, 3.8) is 0 Å². The fraction of sp³-hybridized carbons (Fsp3) is 0.412. The van der Waals surface area contributed by atoms with Gasteiger partial charge in [-0.3, -0.25) is 9.52 Å². The molecular formula is C17H20N4O3. The van der Waals surface area contributed by atoms with Crippen LogP contribution in [0.15, 0.2) is 36.5 Å². The van der Waals surface area contributed by atoms with Gasteiger partial charge in [0.05, 0.1) is 24.5 Å². The Labute approximate surface area is 140 Å². The van der Waals surface area contributed by atoms with Gasteiger partial charge in [-0.2, -0.15) is 10.2 Å². The molecule has 3 heterocycles. The van der Waals surface area contributed by atoms with Crippen molar-refractivity contribution in [2.45, 2.75) is 31.7 Å². The monoisotopic (exact) mass is 328 g/mol. The standard InChI is InChI=1S/C17H20N4O3/c1-11(22)15-16-13(8-18-19(16)2)14-9-20(15)17(23)21(14)24-10-12-6-4-3-5-7-12/h3-8,11,14-15,22H,9-10H2,1-2H3/t11-,14+,15-/m1/s1. The van der Waals surface area contributed by atoms with E-state index in [0.29, 0.717) is 13.2 Å². The van der Waals surface area contributed by atoms with Crippen LogP contribution in [0.3, 0.4) is 0 Å². The molecule has 24 heavy (non-hydrogen) atoms. The smallest absolute Gasteiger partial charge is 0.345 e. The van der Waals surface area contributed by atoms with Gasteiger partial charge in [0.1, 0.15) is 18.7 Å². The molecule has 2 bridgehead atoms. The molecule has 0 saturated carbocycles. The average Bonchev–Trinajstić information content (AvgIpc) is 3.08. The van der Waals surface area contributed by atoms with Crippen LogP contribution >= 0.6 is 0 Å². The molecule has 7 nitrogen and oxygen atoms in total. The molecule has 0 spiro atoms. The Balaban J connectivity index is 1.64. The molecule has 1 saturated heterocycles. The van der Waals surface area contributed by atoms with Crippen LogP contribution < -0.4 is 0 Å². The molecule has 2 aliphatic rings. The second kappa shape index (κ2) is 5.61. The van der Waals surface area contributed by atoms with Crippen LogP contribution in [0.5, 0.6) is 0 Å². The molecule has 0 aliphatic carbocycles. The molecule has 7 heteroatoms. The number of hydroxylamine groups is 2. The van der Waals surface area contributed by atoms with Crippen molar-refractivity contribution in [2.24, 2.45) is 7.05 Å². The van der Waals surface area contributed by atoms with Crippen LogP contribution in [0, 0.1) is 0 Å². The molecule has 2 aromatic rings. The number of aliphatic hydroxyl groups excluding tert-OH is 1. The molecule has 1 aromatic heterocycles. The summed E-state index contributed by atoms with van der Waals surface area (Å²) in [5.74, 6) is 0. The van der Waals surface area contributed by atoms with E-state index in [2.05, 4.69) is 5.10 Å². The fourth-order valence-electron chi connectivity index (χ4n) is 3.64. The topological polar surface area (TPSA) is 70.8 Å². The number of nitrogens with zero attached hydrogens (tertiary/aromatic N) is 4. The first-order valence-corrected chi connectivity index (χ1v) is 8.04. The number of rotatable bonds is 4. The number of amides is 2. The first-order valence-electron chi connectivity index (χ1n) is 8.04. The Kier molecular flexibility index (Phi) is 3.54. The lowest BCUT2D eigenvalue weighted by Crippen LogP contribution is -2.40. The lowest BCUT2D eigenvalue weighted by molar-refractivity contribution is -0.141. The van der Waals surface area contributed by atoms with E-state index in [-0.39, 0.29) is 12.1 Å². The van der Waals surface area contributed by atoms with Crippen LogP contribution in [-0.4, -0.2) is 43.5 Å². The summed E-state index contributed by atoms with van der Waals surface area (Å²) in [5, 5.41) is 15.9. The SMILES string of the molecule is C[C@@H](O)[C@@H]1c2c(cnn2C)[C@@H]2CN1C(=O)N2OCc1ccccc1. The quantitative estimate of drug-likeness (QED) is 0.928.